The molecule has 148 valence electrons. The van der Waals surface area contributed by atoms with E-state index >= 15 is 0 Å². The van der Waals surface area contributed by atoms with E-state index in [1.54, 1.807) is 12.4 Å². The van der Waals surface area contributed by atoms with E-state index in [0.29, 0.717) is 29.3 Å². The maximum absolute atomic E-state index is 5.88. The Morgan fingerprint density at radius 3 is 2.76 bits per heavy atom. The number of hydrogen-bond donors (Lipinski definition) is 1. The van der Waals surface area contributed by atoms with Gasteiger partial charge in [0.2, 0.25) is 0 Å². The van der Waals surface area contributed by atoms with Crippen molar-refractivity contribution in [1.82, 2.24) is 19.9 Å². The number of rotatable bonds is 8. The average molecular weight is 472 g/mol. The number of thiazole rings is 1. The normalized spacial score (nSPS) is 10.8. The third kappa shape index (κ3) is 5.39. The Hall–Kier alpha value is -2.78. The van der Waals surface area contributed by atoms with Crippen LogP contribution in [0.2, 0.25) is 0 Å². The summed E-state index contributed by atoms with van der Waals surface area (Å²) < 4.78 is 12.0. The third-order valence-corrected chi connectivity index (χ3v) is 5.16. The molecule has 3 aromatic heterocycles. The van der Waals surface area contributed by atoms with Gasteiger partial charge in [-0.1, -0.05) is 30.3 Å². The highest BCUT2D eigenvalue weighted by Gasteiger charge is 2.12. The Labute approximate surface area is 180 Å². The van der Waals surface area contributed by atoms with E-state index in [9.17, 15) is 0 Å². The Bertz CT molecular complexity index is 1080. The fraction of sp³-hybridized carbons (Fsp3) is 0.200. The van der Waals surface area contributed by atoms with Crippen LogP contribution in [0.4, 0.5) is 10.9 Å². The van der Waals surface area contributed by atoms with Gasteiger partial charge in [0.25, 0.3) is 5.88 Å². The van der Waals surface area contributed by atoms with Crippen LogP contribution in [0, 0.1) is 6.92 Å². The average Bonchev–Trinajstić information content (AvgIpc) is 3.36. The number of nitrogens with one attached hydrogen (secondary N) is 1. The SMILES string of the molecule is Cc1cnc(CCc2csc(Nc3ncc(Br)nc3OCc3ccccc3)n2)o1. The molecule has 0 fully saturated rings. The topological polar surface area (TPSA) is 86.0 Å². The van der Waals surface area contributed by atoms with Crippen LogP contribution in [0.25, 0.3) is 0 Å². The van der Waals surface area contributed by atoms with E-state index in [-0.39, 0.29) is 0 Å². The summed E-state index contributed by atoms with van der Waals surface area (Å²) in [6, 6.07) is 9.92. The van der Waals surface area contributed by atoms with Gasteiger partial charge in [0.05, 0.1) is 18.1 Å². The number of benzene rings is 1. The van der Waals surface area contributed by atoms with Crippen LogP contribution in [0.15, 0.2) is 57.1 Å². The van der Waals surface area contributed by atoms with Crippen molar-refractivity contribution in [2.24, 2.45) is 0 Å². The van der Waals surface area contributed by atoms with Crippen molar-refractivity contribution >= 4 is 38.2 Å². The predicted octanol–water partition coefficient (Wildman–Crippen LogP) is 5.10. The van der Waals surface area contributed by atoms with Crippen molar-refractivity contribution < 1.29 is 9.15 Å². The summed E-state index contributed by atoms with van der Waals surface area (Å²) in [5, 5.41) is 5.94. The molecule has 4 rings (SSSR count). The highest BCUT2D eigenvalue weighted by molar-refractivity contribution is 9.10. The van der Waals surface area contributed by atoms with E-state index in [2.05, 4.69) is 41.2 Å². The van der Waals surface area contributed by atoms with Gasteiger partial charge in [0.15, 0.2) is 16.8 Å². The molecule has 0 aliphatic heterocycles. The maximum Gasteiger partial charge on any atom is 0.259 e. The molecule has 29 heavy (non-hydrogen) atoms. The number of nitrogens with zero attached hydrogens (tertiary/aromatic N) is 4. The van der Waals surface area contributed by atoms with E-state index in [1.165, 1.54) is 11.3 Å². The summed E-state index contributed by atoms with van der Waals surface area (Å²) in [7, 11) is 0. The second-order valence-corrected chi connectivity index (χ2v) is 7.92. The lowest BCUT2D eigenvalue weighted by atomic mass is 10.2. The van der Waals surface area contributed by atoms with Crippen molar-refractivity contribution in [2.75, 3.05) is 5.32 Å². The molecular formula is C20H18BrN5O2S. The van der Waals surface area contributed by atoms with Crippen LogP contribution in [-0.4, -0.2) is 19.9 Å². The third-order valence-electron chi connectivity index (χ3n) is 3.97. The molecule has 1 aromatic carbocycles. The minimum Gasteiger partial charge on any atom is -0.470 e. The van der Waals surface area contributed by atoms with Gasteiger partial charge in [0.1, 0.15) is 17.0 Å². The molecule has 0 atom stereocenters. The number of anilines is 2. The van der Waals surface area contributed by atoms with E-state index in [0.717, 1.165) is 34.5 Å². The van der Waals surface area contributed by atoms with Crippen molar-refractivity contribution in [2.45, 2.75) is 26.4 Å². The first-order valence-corrected chi connectivity index (χ1v) is 10.6. The van der Waals surface area contributed by atoms with Gasteiger partial charge in [0, 0.05) is 11.8 Å². The molecule has 9 heteroatoms. The summed E-state index contributed by atoms with van der Waals surface area (Å²) in [6.45, 7) is 2.29. The summed E-state index contributed by atoms with van der Waals surface area (Å²) in [4.78, 5) is 17.6. The summed E-state index contributed by atoms with van der Waals surface area (Å²) in [5.74, 6) is 2.47. The number of hydrogen-bond acceptors (Lipinski definition) is 8. The fourth-order valence-corrected chi connectivity index (χ4v) is 3.60. The molecule has 0 amide bonds. The fourth-order valence-electron chi connectivity index (χ4n) is 2.60. The molecule has 1 N–H and O–H groups in total. The van der Waals surface area contributed by atoms with Gasteiger partial charge in [-0.25, -0.2) is 19.9 Å². The molecule has 7 nitrogen and oxygen atoms in total. The van der Waals surface area contributed by atoms with Gasteiger partial charge >= 0.3 is 0 Å². The van der Waals surface area contributed by atoms with Crippen molar-refractivity contribution in [3.8, 4) is 5.88 Å². The molecule has 4 aromatic rings. The van der Waals surface area contributed by atoms with Gasteiger partial charge in [-0.3, -0.25) is 0 Å². The molecule has 0 radical (unpaired) electrons. The zero-order chi connectivity index (χ0) is 20.1. The van der Waals surface area contributed by atoms with Crippen LogP contribution in [0.5, 0.6) is 5.88 Å². The van der Waals surface area contributed by atoms with E-state index < -0.39 is 0 Å². The molecule has 0 aliphatic rings. The zero-order valence-electron chi connectivity index (χ0n) is 15.6. The van der Waals surface area contributed by atoms with Crippen LogP contribution in [-0.2, 0) is 19.4 Å². The van der Waals surface area contributed by atoms with Gasteiger partial charge in [-0.2, -0.15) is 0 Å². The Morgan fingerprint density at radius 2 is 1.97 bits per heavy atom. The van der Waals surface area contributed by atoms with Crippen LogP contribution in [0.1, 0.15) is 22.9 Å². The van der Waals surface area contributed by atoms with Crippen molar-refractivity contribution in [3.05, 3.63) is 75.6 Å². The summed E-state index contributed by atoms with van der Waals surface area (Å²) >= 11 is 4.85. The smallest absolute Gasteiger partial charge is 0.259 e. The van der Waals surface area contributed by atoms with E-state index in [1.807, 2.05) is 42.6 Å². The predicted molar refractivity (Wildman–Crippen MR) is 115 cm³/mol. The molecular weight excluding hydrogens is 454 g/mol. The summed E-state index contributed by atoms with van der Waals surface area (Å²) in [5.41, 5.74) is 2.02. The number of halogens is 1. The summed E-state index contributed by atoms with van der Waals surface area (Å²) in [6.07, 6.45) is 4.81. The number of aromatic nitrogens is 4. The lowest BCUT2D eigenvalue weighted by molar-refractivity contribution is 0.294. The van der Waals surface area contributed by atoms with Crippen LogP contribution < -0.4 is 10.1 Å². The molecule has 0 aliphatic carbocycles. The van der Waals surface area contributed by atoms with E-state index in [4.69, 9.17) is 9.15 Å². The Kier molecular flexibility index (Phi) is 6.16. The minimum atomic E-state index is 0.402. The monoisotopic (exact) mass is 471 g/mol. The highest BCUT2D eigenvalue weighted by Crippen LogP contribution is 2.28. The lowest BCUT2D eigenvalue weighted by Crippen LogP contribution is -2.03. The van der Waals surface area contributed by atoms with Gasteiger partial charge in [-0.05, 0) is 34.8 Å². The molecule has 0 bridgehead atoms. The highest BCUT2D eigenvalue weighted by atomic mass is 79.9. The Morgan fingerprint density at radius 1 is 1.10 bits per heavy atom. The lowest BCUT2D eigenvalue weighted by Gasteiger charge is -2.10. The van der Waals surface area contributed by atoms with Gasteiger partial charge in [-0.15, -0.1) is 11.3 Å². The van der Waals surface area contributed by atoms with Crippen LogP contribution in [0.3, 0.4) is 0 Å². The largest absolute Gasteiger partial charge is 0.470 e. The first kappa shape index (κ1) is 19.5. The number of oxazole rings is 1. The molecule has 0 spiro atoms. The molecule has 0 unspecified atom stereocenters. The Balaban J connectivity index is 1.41. The van der Waals surface area contributed by atoms with Gasteiger partial charge < -0.3 is 14.5 Å². The van der Waals surface area contributed by atoms with Crippen LogP contribution >= 0.6 is 27.3 Å². The number of aryl methyl sites for hydroxylation is 3. The first-order valence-electron chi connectivity index (χ1n) is 8.98. The van der Waals surface area contributed by atoms with Crippen molar-refractivity contribution in [1.29, 1.82) is 0 Å². The minimum absolute atomic E-state index is 0.402. The maximum atomic E-state index is 5.88. The molecule has 0 saturated heterocycles. The quantitative estimate of drug-likeness (QED) is 0.382. The zero-order valence-corrected chi connectivity index (χ0v) is 18.0. The molecule has 0 saturated carbocycles. The second kappa shape index (κ2) is 9.15. The second-order valence-electron chi connectivity index (χ2n) is 6.25. The van der Waals surface area contributed by atoms with Crippen molar-refractivity contribution in [3.63, 3.8) is 0 Å². The first-order chi connectivity index (χ1) is 14.2. The standard InChI is InChI=1S/C20H18BrN5O2S/c1-13-9-22-17(28-13)8-7-15-12-29-20(24-15)26-18-19(25-16(21)10-23-18)27-11-14-5-3-2-4-6-14/h2-6,9-10,12H,7-8,11H2,1H3,(H,23,24,26). The molecule has 3 heterocycles. The number of ether oxygens (including phenoxy) is 1.